The van der Waals surface area contributed by atoms with Crippen molar-refractivity contribution in [3.05, 3.63) is 22.8 Å². The number of primary amides is 1. The van der Waals surface area contributed by atoms with E-state index in [4.69, 9.17) is 17.3 Å². The Morgan fingerprint density at radius 3 is 2.80 bits per heavy atom. The molecule has 8 heteroatoms. The molecular weight excluding hydrogens is 284 g/mol. The van der Waals surface area contributed by atoms with E-state index in [1.807, 2.05) is 6.92 Å². The maximum Gasteiger partial charge on any atom is 0.404 e. The van der Waals surface area contributed by atoms with Crippen LogP contribution in [0, 0.1) is 0 Å². The van der Waals surface area contributed by atoms with Gasteiger partial charge in [0, 0.05) is 6.54 Å². The van der Waals surface area contributed by atoms with Crippen molar-refractivity contribution in [2.45, 2.75) is 13.3 Å². The average Bonchev–Trinajstić information content (AvgIpc) is 2.42. The molecule has 0 aromatic carbocycles. The Morgan fingerprint density at radius 1 is 1.40 bits per heavy atom. The molecule has 0 fully saturated rings. The summed E-state index contributed by atoms with van der Waals surface area (Å²) in [6.45, 7) is 2.90. The molecule has 1 heterocycles. The van der Waals surface area contributed by atoms with Gasteiger partial charge in [-0.3, -0.25) is 4.79 Å². The van der Waals surface area contributed by atoms with Gasteiger partial charge >= 0.3 is 6.09 Å². The predicted octanol–water partition coefficient (Wildman–Crippen LogP) is 1.38. The summed E-state index contributed by atoms with van der Waals surface area (Å²) in [6.07, 6.45) is 0.0530. The first-order chi connectivity index (χ1) is 9.54. The van der Waals surface area contributed by atoms with Crippen LogP contribution in [0.25, 0.3) is 0 Å². The number of hydrogen-bond donors (Lipinski definition) is 3. The molecule has 0 aliphatic rings. The average molecular weight is 301 g/mol. The van der Waals surface area contributed by atoms with Gasteiger partial charge in [-0.15, -0.1) is 0 Å². The zero-order valence-corrected chi connectivity index (χ0v) is 11.9. The molecule has 0 saturated carbocycles. The first-order valence-corrected chi connectivity index (χ1v) is 6.53. The van der Waals surface area contributed by atoms with Gasteiger partial charge in [0.1, 0.15) is 18.1 Å². The third-order valence-electron chi connectivity index (χ3n) is 2.25. The van der Waals surface area contributed by atoms with Crippen LogP contribution in [0.1, 0.15) is 23.8 Å². The van der Waals surface area contributed by atoms with Crippen molar-refractivity contribution in [3.8, 4) is 0 Å². The lowest BCUT2D eigenvalue weighted by molar-refractivity contribution is 0.0932. The van der Waals surface area contributed by atoms with E-state index in [1.165, 1.54) is 0 Å². The van der Waals surface area contributed by atoms with E-state index in [9.17, 15) is 9.59 Å². The van der Waals surface area contributed by atoms with Gasteiger partial charge in [-0.05, 0) is 18.6 Å². The van der Waals surface area contributed by atoms with E-state index in [0.29, 0.717) is 5.82 Å². The Hall–Kier alpha value is -2.02. The summed E-state index contributed by atoms with van der Waals surface area (Å²) >= 11 is 5.93. The van der Waals surface area contributed by atoms with Crippen LogP contribution < -0.4 is 16.4 Å². The van der Waals surface area contributed by atoms with Gasteiger partial charge in [-0.2, -0.15) is 0 Å². The summed E-state index contributed by atoms with van der Waals surface area (Å²) in [5.41, 5.74) is 4.91. The van der Waals surface area contributed by atoms with E-state index in [1.54, 1.807) is 12.1 Å². The number of rotatable bonds is 7. The molecule has 1 aromatic heterocycles. The van der Waals surface area contributed by atoms with Crippen molar-refractivity contribution >= 4 is 29.4 Å². The van der Waals surface area contributed by atoms with Gasteiger partial charge in [0.15, 0.2) is 0 Å². The van der Waals surface area contributed by atoms with Crippen LogP contribution in [-0.4, -0.2) is 36.7 Å². The highest BCUT2D eigenvalue weighted by Gasteiger charge is 2.12. The third kappa shape index (κ3) is 5.31. The first kappa shape index (κ1) is 16.0. The van der Waals surface area contributed by atoms with Crippen molar-refractivity contribution in [1.82, 2.24) is 10.3 Å². The highest BCUT2D eigenvalue weighted by Crippen LogP contribution is 2.16. The molecule has 0 radical (unpaired) electrons. The Kier molecular flexibility index (Phi) is 6.58. The van der Waals surface area contributed by atoms with Gasteiger partial charge in [0.25, 0.3) is 5.91 Å². The van der Waals surface area contributed by atoms with E-state index < -0.39 is 12.0 Å². The smallest absolute Gasteiger partial charge is 0.404 e. The van der Waals surface area contributed by atoms with E-state index in [0.717, 1.165) is 13.0 Å². The topological polar surface area (TPSA) is 106 Å². The molecule has 1 rings (SSSR count). The highest BCUT2D eigenvalue weighted by atomic mass is 35.5. The number of aromatic nitrogens is 1. The predicted molar refractivity (Wildman–Crippen MR) is 75.9 cm³/mol. The van der Waals surface area contributed by atoms with Gasteiger partial charge in [0.05, 0.1) is 11.6 Å². The zero-order valence-electron chi connectivity index (χ0n) is 11.1. The van der Waals surface area contributed by atoms with Crippen LogP contribution in [0.2, 0.25) is 5.02 Å². The fourth-order valence-electron chi connectivity index (χ4n) is 1.35. The zero-order chi connectivity index (χ0) is 15.0. The lowest BCUT2D eigenvalue weighted by Crippen LogP contribution is -2.30. The van der Waals surface area contributed by atoms with Crippen molar-refractivity contribution in [2.24, 2.45) is 5.73 Å². The fourth-order valence-corrected chi connectivity index (χ4v) is 1.54. The summed E-state index contributed by atoms with van der Waals surface area (Å²) in [7, 11) is 0. The molecule has 110 valence electrons. The number of hydrogen-bond acceptors (Lipinski definition) is 5. The van der Waals surface area contributed by atoms with Gasteiger partial charge in [0.2, 0.25) is 0 Å². The summed E-state index contributed by atoms with van der Waals surface area (Å²) in [6, 6.07) is 3.30. The van der Waals surface area contributed by atoms with Crippen LogP contribution in [-0.2, 0) is 4.74 Å². The second kappa shape index (κ2) is 8.21. The number of carbonyl (C=O) groups is 2. The summed E-state index contributed by atoms with van der Waals surface area (Å²) < 4.78 is 4.49. The minimum Gasteiger partial charge on any atom is -0.448 e. The van der Waals surface area contributed by atoms with E-state index in [-0.39, 0.29) is 23.9 Å². The van der Waals surface area contributed by atoms with Crippen LogP contribution in [0.5, 0.6) is 0 Å². The molecule has 1 aromatic rings. The number of ether oxygens (including phenoxy) is 1. The molecular formula is C12H17ClN4O3. The lowest BCUT2D eigenvalue weighted by Gasteiger charge is -2.09. The van der Waals surface area contributed by atoms with E-state index >= 15 is 0 Å². The molecule has 0 unspecified atom stereocenters. The van der Waals surface area contributed by atoms with E-state index in [2.05, 4.69) is 20.4 Å². The largest absolute Gasteiger partial charge is 0.448 e. The molecule has 0 aliphatic heterocycles. The fraction of sp³-hybridized carbons (Fsp3) is 0.417. The summed E-state index contributed by atoms with van der Waals surface area (Å²) in [5, 5.41) is 5.85. The Labute approximate surface area is 121 Å². The van der Waals surface area contributed by atoms with Gasteiger partial charge in [-0.25, -0.2) is 9.78 Å². The second-order valence-electron chi connectivity index (χ2n) is 3.88. The van der Waals surface area contributed by atoms with Gasteiger partial charge in [-0.1, -0.05) is 18.5 Å². The van der Waals surface area contributed by atoms with Crippen LogP contribution in [0.15, 0.2) is 12.1 Å². The quantitative estimate of drug-likeness (QED) is 0.660. The maximum absolute atomic E-state index is 11.9. The number of halogens is 1. The van der Waals surface area contributed by atoms with Crippen LogP contribution in [0.3, 0.4) is 0 Å². The molecule has 0 saturated heterocycles. The SMILES string of the molecule is CCCNc1ccc(Cl)c(C(=O)NCCOC(N)=O)n1. The molecule has 0 atom stereocenters. The molecule has 0 bridgehead atoms. The Morgan fingerprint density at radius 2 is 2.15 bits per heavy atom. The molecule has 2 amide bonds. The molecule has 0 spiro atoms. The molecule has 20 heavy (non-hydrogen) atoms. The highest BCUT2D eigenvalue weighted by molar-refractivity contribution is 6.33. The first-order valence-electron chi connectivity index (χ1n) is 6.15. The van der Waals surface area contributed by atoms with Gasteiger partial charge < -0.3 is 21.1 Å². The monoisotopic (exact) mass is 300 g/mol. The summed E-state index contributed by atoms with van der Waals surface area (Å²) in [5.74, 6) is 0.137. The van der Waals surface area contributed by atoms with Crippen LogP contribution in [0.4, 0.5) is 10.6 Å². The Balaban J connectivity index is 2.59. The van der Waals surface area contributed by atoms with Crippen molar-refractivity contribution in [2.75, 3.05) is 25.0 Å². The molecule has 4 N–H and O–H groups in total. The van der Waals surface area contributed by atoms with Crippen molar-refractivity contribution in [3.63, 3.8) is 0 Å². The Bertz CT molecular complexity index is 482. The third-order valence-corrected chi connectivity index (χ3v) is 2.55. The van der Waals surface area contributed by atoms with Crippen molar-refractivity contribution in [1.29, 1.82) is 0 Å². The summed E-state index contributed by atoms with van der Waals surface area (Å²) in [4.78, 5) is 26.4. The minimum absolute atomic E-state index is 0.00747. The number of nitrogens with zero attached hydrogens (tertiary/aromatic N) is 1. The molecule has 0 aliphatic carbocycles. The normalized spacial score (nSPS) is 9.90. The number of anilines is 1. The number of amides is 2. The van der Waals surface area contributed by atoms with Crippen LogP contribution >= 0.6 is 11.6 Å². The maximum atomic E-state index is 11.9. The second-order valence-corrected chi connectivity index (χ2v) is 4.28. The number of pyridine rings is 1. The number of carbonyl (C=O) groups excluding carboxylic acids is 2. The number of nitrogens with two attached hydrogens (primary N) is 1. The van der Waals surface area contributed by atoms with Crippen molar-refractivity contribution < 1.29 is 14.3 Å². The minimum atomic E-state index is -0.888. The standard InChI is InChI=1S/C12H17ClN4O3/c1-2-5-15-9-4-3-8(13)10(17-9)11(18)16-6-7-20-12(14)19/h3-4H,2,5-7H2,1H3,(H2,14,19)(H,15,17)(H,16,18). The molecule has 7 nitrogen and oxygen atoms in total. The lowest BCUT2D eigenvalue weighted by atomic mass is 10.3. The number of nitrogens with one attached hydrogen (secondary N) is 2.